The number of hydrogen-bond acceptors (Lipinski definition) is 3. The molecule has 0 fully saturated rings. The second-order valence-electron chi connectivity index (χ2n) is 5.12. The van der Waals surface area contributed by atoms with Gasteiger partial charge in [0.1, 0.15) is 0 Å². The van der Waals surface area contributed by atoms with E-state index in [1.807, 2.05) is 0 Å². The fraction of sp³-hybridized carbons (Fsp3) is 0.0556. The lowest BCUT2D eigenvalue weighted by Crippen LogP contribution is -2.18. The number of rotatable bonds is 6. The van der Waals surface area contributed by atoms with Crippen LogP contribution in [0, 0.1) is 0 Å². The largest absolute Gasteiger partial charge is 0.411 e. The summed E-state index contributed by atoms with van der Waals surface area (Å²) in [6.07, 6.45) is 1.60. The summed E-state index contributed by atoms with van der Waals surface area (Å²) in [5.41, 5.74) is 2.15. The van der Waals surface area contributed by atoms with Gasteiger partial charge in [-0.05, 0) is 35.9 Å². The highest BCUT2D eigenvalue weighted by Crippen LogP contribution is 2.32. The normalized spacial score (nSPS) is 11.4. The van der Waals surface area contributed by atoms with Crippen LogP contribution in [-0.4, -0.2) is 10.7 Å². The Labute approximate surface area is 171 Å². The molecular weight excluding hydrogens is 418 g/mol. The zero-order valence-corrected chi connectivity index (χ0v) is 16.3. The minimum absolute atomic E-state index is 0.301. The first kappa shape index (κ1) is 20.6. The number of anilines is 1. The van der Waals surface area contributed by atoms with Gasteiger partial charge in [0, 0.05) is 26.9 Å². The molecule has 0 saturated heterocycles. The van der Waals surface area contributed by atoms with Crippen LogP contribution in [0.5, 0.6) is 0 Å². The molecule has 0 aliphatic heterocycles. The zero-order chi connectivity index (χ0) is 19.3. The number of halogens is 4. The van der Waals surface area contributed by atoms with E-state index in [0.29, 0.717) is 38.2 Å². The molecule has 136 valence electrons. The van der Waals surface area contributed by atoms with Crippen molar-refractivity contribution in [2.75, 3.05) is 5.32 Å². The highest BCUT2D eigenvalue weighted by Gasteiger charge is 2.13. The Morgan fingerprint density at radius 1 is 1.15 bits per heavy atom. The minimum Gasteiger partial charge on any atom is -0.411 e. The van der Waals surface area contributed by atoms with Gasteiger partial charge >= 0.3 is 0 Å². The summed E-state index contributed by atoms with van der Waals surface area (Å²) in [7, 11) is 0. The van der Waals surface area contributed by atoms with E-state index in [2.05, 4.69) is 11.9 Å². The average Bonchev–Trinajstić information content (AvgIpc) is 2.59. The van der Waals surface area contributed by atoms with Crippen molar-refractivity contribution in [3.63, 3.8) is 0 Å². The molecule has 2 aromatic rings. The third kappa shape index (κ3) is 5.16. The lowest BCUT2D eigenvalue weighted by Gasteiger charge is -2.11. The molecule has 0 bridgehead atoms. The molecule has 26 heavy (non-hydrogen) atoms. The molecule has 0 heterocycles. The van der Waals surface area contributed by atoms with Gasteiger partial charge in [-0.2, -0.15) is 5.90 Å². The highest BCUT2D eigenvalue weighted by molar-refractivity contribution is 6.54. The van der Waals surface area contributed by atoms with Crippen molar-refractivity contribution in [1.29, 1.82) is 0 Å². The first-order valence-corrected chi connectivity index (χ1v) is 8.87. The van der Waals surface area contributed by atoms with Crippen molar-refractivity contribution in [3.05, 3.63) is 76.3 Å². The van der Waals surface area contributed by atoms with Gasteiger partial charge in [0.25, 0.3) is 5.91 Å². The lowest BCUT2D eigenvalue weighted by atomic mass is 10.0. The number of nitrogens with one attached hydrogen (secondary N) is 1. The van der Waals surface area contributed by atoms with Crippen molar-refractivity contribution in [2.24, 2.45) is 5.90 Å². The molecule has 0 aromatic heterocycles. The molecule has 8 heteroatoms. The molecule has 0 aliphatic carbocycles. The Bertz CT molecular complexity index is 846. The van der Waals surface area contributed by atoms with E-state index in [1.54, 1.807) is 48.5 Å². The van der Waals surface area contributed by atoms with E-state index in [1.165, 1.54) is 0 Å². The van der Waals surface area contributed by atoms with E-state index < -0.39 is 10.7 Å². The van der Waals surface area contributed by atoms with Crippen LogP contribution in [0.4, 0.5) is 5.69 Å². The predicted octanol–water partition coefficient (Wildman–Crippen LogP) is 5.68. The Morgan fingerprint density at radius 2 is 1.77 bits per heavy atom. The molecule has 0 aliphatic rings. The minimum atomic E-state index is -1.18. The van der Waals surface area contributed by atoms with Gasteiger partial charge in [0.05, 0.1) is 0 Å². The maximum atomic E-state index is 11.6. The quantitative estimate of drug-likeness (QED) is 0.267. The molecule has 0 unspecified atom stereocenters. The number of amides is 1. The van der Waals surface area contributed by atoms with Crippen molar-refractivity contribution >= 4 is 69.3 Å². The topological polar surface area (TPSA) is 64.3 Å². The van der Waals surface area contributed by atoms with E-state index in [4.69, 9.17) is 57.1 Å². The van der Waals surface area contributed by atoms with Gasteiger partial charge in [-0.3, -0.25) is 4.79 Å². The van der Waals surface area contributed by atoms with Gasteiger partial charge in [-0.15, -0.1) is 0 Å². The summed E-state index contributed by atoms with van der Waals surface area (Å²) in [4.78, 5) is 15.4. The third-order valence-electron chi connectivity index (χ3n) is 3.33. The van der Waals surface area contributed by atoms with Crippen molar-refractivity contribution in [3.8, 4) is 0 Å². The van der Waals surface area contributed by atoms with Crippen molar-refractivity contribution in [2.45, 2.75) is 4.84 Å². The fourth-order valence-electron chi connectivity index (χ4n) is 2.17. The van der Waals surface area contributed by atoms with E-state index >= 15 is 0 Å². The van der Waals surface area contributed by atoms with Crippen LogP contribution in [0.25, 0.3) is 11.3 Å². The first-order chi connectivity index (χ1) is 12.3. The third-order valence-corrected chi connectivity index (χ3v) is 4.36. The van der Waals surface area contributed by atoms with E-state index in [0.717, 1.165) is 0 Å². The maximum absolute atomic E-state index is 11.6. The number of alkyl halides is 2. The van der Waals surface area contributed by atoms with Gasteiger partial charge in [-0.1, -0.05) is 71.2 Å². The predicted molar refractivity (Wildman–Crippen MR) is 109 cm³/mol. The van der Waals surface area contributed by atoms with Crippen molar-refractivity contribution in [1.82, 2.24) is 0 Å². The molecule has 0 saturated carbocycles. The van der Waals surface area contributed by atoms with Crippen LogP contribution >= 0.6 is 46.4 Å². The number of nitrogens with two attached hydrogens (primary N) is 1. The summed E-state index contributed by atoms with van der Waals surface area (Å²) in [6, 6.07) is 11.9. The fourth-order valence-corrected chi connectivity index (χ4v) is 2.92. The second-order valence-corrected chi connectivity index (χ2v) is 7.03. The Kier molecular flexibility index (Phi) is 7.38. The maximum Gasteiger partial charge on any atom is 0.257 e. The molecule has 1 amide bonds. The second kappa shape index (κ2) is 9.31. The summed E-state index contributed by atoms with van der Waals surface area (Å²) >= 11 is 23.4. The van der Waals surface area contributed by atoms with E-state index in [9.17, 15) is 4.79 Å². The van der Waals surface area contributed by atoms with Crippen LogP contribution < -0.4 is 11.2 Å². The number of allylic oxidation sites excluding steroid dienone is 2. The lowest BCUT2D eigenvalue weighted by molar-refractivity contribution is -0.114. The van der Waals surface area contributed by atoms with Gasteiger partial charge in [0.15, 0.2) is 10.6 Å². The Balaban J connectivity index is 2.34. The average molecular weight is 432 g/mol. The number of hydrogen-bond donors (Lipinski definition) is 2. The smallest absolute Gasteiger partial charge is 0.257 e. The van der Waals surface area contributed by atoms with Gasteiger partial charge in [-0.25, -0.2) is 0 Å². The summed E-state index contributed by atoms with van der Waals surface area (Å²) < 4.78 is 0. The van der Waals surface area contributed by atoms with Crippen LogP contribution in [0.1, 0.15) is 11.1 Å². The SMILES string of the molecule is C=C(/C=C(\ON)c1cccc(NC(=O)C(Cl)Cl)c1)c1c(Cl)cccc1Cl. The number of benzene rings is 2. The molecule has 2 aromatic carbocycles. The van der Waals surface area contributed by atoms with Crippen molar-refractivity contribution < 1.29 is 9.63 Å². The molecule has 0 spiro atoms. The summed E-state index contributed by atoms with van der Waals surface area (Å²) in [6.45, 7) is 3.97. The monoisotopic (exact) mass is 430 g/mol. The molecule has 2 rings (SSSR count). The number of carbonyl (C=O) groups excluding carboxylic acids is 1. The van der Waals surface area contributed by atoms with Crippen LogP contribution in [0.15, 0.2) is 55.1 Å². The van der Waals surface area contributed by atoms with E-state index in [-0.39, 0.29) is 0 Å². The molecule has 0 radical (unpaired) electrons. The van der Waals surface area contributed by atoms with Gasteiger partial charge in [0.2, 0.25) is 0 Å². The van der Waals surface area contributed by atoms with Crippen LogP contribution in [-0.2, 0) is 9.63 Å². The van der Waals surface area contributed by atoms with Crippen LogP contribution in [0.2, 0.25) is 10.0 Å². The first-order valence-electron chi connectivity index (χ1n) is 7.24. The Morgan fingerprint density at radius 3 is 2.35 bits per heavy atom. The molecule has 0 atom stereocenters. The molecular formula is C18H14Cl4N2O2. The zero-order valence-electron chi connectivity index (χ0n) is 13.3. The van der Waals surface area contributed by atoms with Gasteiger partial charge < -0.3 is 10.2 Å². The molecule has 3 N–H and O–H groups in total. The summed E-state index contributed by atoms with van der Waals surface area (Å²) in [5, 5.41) is 3.47. The summed E-state index contributed by atoms with van der Waals surface area (Å²) in [5.74, 6) is 5.16. The standard InChI is InChI=1S/C18H14Cl4N2O2/c1-10(16-13(19)6-3-7-14(16)20)8-15(26-23)11-4-2-5-12(9-11)24-18(25)17(21)22/h2-9,17H,1,23H2,(H,24,25)/b15-8-. The number of carbonyl (C=O) groups is 1. The highest BCUT2D eigenvalue weighted by atomic mass is 35.5. The Hall–Kier alpha value is -1.69. The van der Waals surface area contributed by atoms with Crippen LogP contribution in [0.3, 0.4) is 0 Å². The molecule has 4 nitrogen and oxygen atoms in total.